The van der Waals surface area contributed by atoms with E-state index in [4.69, 9.17) is 4.84 Å². The molecule has 2 amide bonds. The highest BCUT2D eigenvalue weighted by Gasteiger charge is 2.38. The third kappa shape index (κ3) is 3.56. The number of amides is 2. The molecule has 7 nitrogen and oxygen atoms in total. The van der Waals surface area contributed by atoms with Crippen molar-refractivity contribution in [2.24, 2.45) is 0 Å². The molecule has 0 N–H and O–H groups in total. The standard InChI is InChI=1S/C17H11F2NO6S/c18-14(19)9-27(24,25)11-7-5-10(6-8-11)17(23)26-20-15(21)12-3-1-2-4-13(12)16(20)22/h1-8,14H,9H2. The summed E-state index contributed by atoms with van der Waals surface area (Å²) in [6.45, 7) is 0. The average Bonchev–Trinajstić information content (AvgIpc) is 2.86. The molecule has 2 aromatic carbocycles. The number of hydrogen-bond donors (Lipinski definition) is 0. The molecule has 1 heterocycles. The lowest BCUT2D eigenvalue weighted by Crippen LogP contribution is -2.32. The van der Waals surface area contributed by atoms with Crippen LogP contribution in [-0.2, 0) is 14.7 Å². The first kappa shape index (κ1) is 18.6. The Labute approximate surface area is 152 Å². The Morgan fingerprint density at radius 3 is 1.96 bits per heavy atom. The van der Waals surface area contributed by atoms with Crippen molar-refractivity contribution in [2.45, 2.75) is 11.3 Å². The molecule has 27 heavy (non-hydrogen) atoms. The number of fused-ring (bicyclic) bond motifs is 1. The van der Waals surface area contributed by atoms with Crippen LogP contribution in [0.3, 0.4) is 0 Å². The second kappa shape index (κ2) is 6.88. The maximum absolute atomic E-state index is 12.3. The second-order valence-electron chi connectivity index (χ2n) is 5.53. The molecule has 0 aromatic heterocycles. The van der Waals surface area contributed by atoms with Crippen LogP contribution >= 0.6 is 0 Å². The monoisotopic (exact) mass is 395 g/mol. The van der Waals surface area contributed by atoms with Gasteiger partial charge in [-0.05, 0) is 36.4 Å². The summed E-state index contributed by atoms with van der Waals surface area (Å²) in [5, 5.41) is 0.314. The smallest absolute Gasteiger partial charge is 0.324 e. The number of benzene rings is 2. The van der Waals surface area contributed by atoms with Gasteiger partial charge in [-0.25, -0.2) is 22.0 Å². The van der Waals surface area contributed by atoms with Crippen LogP contribution in [0.15, 0.2) is 53.4 Å². The summed E-state index contributed by atoms with van der Waals surface area (Å²) in [5.41, 5.74) is 0.00929. The van der Waals surface area contributed by atoms with Gasteiger partial charge in [-0.3, -0.25) is 9.59 Å². The molecular weight excluding hydrogens is 384 g/mol. The van der Waals surface area contributed by atoms with Crippen molar-refractivity contribution < 1.29 is 36.4 Å². The van der Waals surface area contributed by atoms with Crippen LogP contribution in [0.5, 0.6) is 0 Å². The number of carbonyl (C=O) groups is 3. The summed E-state index contributed by atoms with van der Waals surface area (Å²) >= 11 is 0. The van der Waals surface area contributed by atoms with Gasteiger partial charge in [0.25, 0.3) is 18.2 Å². The lowest BCUT2D eigenvalue weighted by molar-refractivity contribution is -0.0584. The number of rotatable bonds is 5. The lowest BCUT2D eigenvalue weighted by atomic mass is 10.1. The van der Waals surface area contributed by atoms with E-state index in [0.29, 0.717) is 5.06 Å². The number of imide groups is 1. The van der Waals surface area contributed by atoms with E-state index in [-0.39, 0.29) is 21.6 Å². The third-order valence-electron chi connectivity index (χ3n) is 3.73. The molecule has 0 bridgehead atoms. The highest BCUT2D eigenvalue weighted by Crippen LogP contribution is 2.23. The minimum Gasteiger partial charge on any atom is -0.324 e. The number of halogens is 2. The van der Waals surface area contributed by atoms with E-state index in [2.05, 4.69) is 0 Å². The number of nitrogens with zero attached hydrogens (tertiary/aromatic N) is 1. The summed E-state index contributed by atoms with van der Waals surface area (Å²) in [7, 11) is -4.20. The quantitative estimate of drug-likeness (QED) is 0.719. The van der Waals surface area contributed by atoms with Gasteiger partial charge < -0.3 is 4.84 Å². The Kier molecular flexibility index (Phi) is 4.75. The van der Waals surface area contributed by atoms with Gasteiger partial charge >= 0.3 is 5.97 Å². The summed E-state index contributed by atoms with van der Waals surface area (Å²) in [4.78, 5) is 40.9. The van der Waals surface area contributed by atoms with Gasteiger partial charge in [0.2, 0.25) is 0 Å². The SMILES string of the molecule is O=C(ON1C(=O)c2ccccc2C1=O)c1ccc(S(=O)(=O)CC(F)F)cc1. The van der Waals surface area contributed by atoms with E-state index in [0.717, 1.165) is 24.3 Å². The first-order chi connectivity index (χ1) is 12.7. The van der Waals surface area contributed by atoms with Crippen LogP contribution in [0, 0.1) is 0 Å². The third-order valence-corrected chi connectivity index (χ3v) is 5.41. The minimum absolute atomic E-state index is 0.0868. The molecule has 10 heteroatoms. The minimum atomic E-state index is -4.20. The predicted octanol–water partition coefficient (Wildman–Crippen LogP) is 2.09. The van der Waals surface area contributed by atoms with Crippen molar-refractivity contribution in [3.05, 3.63) is 65.2 Å². The first-order valence-corrected chi connectivity index (χ1v) is 9.17. The number of carbonyl (C=O) groups excluding carboxylic acids is 3. The Morgan fingerprint density at radius 2 is 1.48 bits per heavy atom. The Hall–Kier alpha value is -3.14. The van der Waals surface area contributed by atoms with E-state index in [1.54, 1.807) is 12.1 Å². The molecule has 0 atom stereocenters. The van der Waals surface area contributed by atoms with Crippen LogP contribution in [0.2, 0.25) is 0 Å². The summed E-state index contributed by atoms with van der Waals surface area (Å²) < 4.78 is 48.1. The molecule has 140 valence electrons. The van der Waals surface area contributed by atoms with Gasteiger partial charge in [-0.2, -0.15) is 0 Å². The fraction of sp³-hybridized carbons (Fsp3) is 0.118. The van der Waals surface area contributed by atoms with Gasteiger partial charge in [0.1, 0.15) is 5.75 Å². The van der Waals surface area contributed by atoms with Crippen molar-refractivity contribution in [2.75, 3.05) is 5.75 Å². The number of hydroxylamine groups is 2. The number of sulfone groups is 1. The van der Waals surface area contributed by atoms with Crippen molar-refractivity contribution in [1.29, 1.82) is 0 Å². The van der Waals surface area contributed by atoms with E-state index in [1.807, 2.05) is 0 Å². The van der Waals surface area contributed by atoms with Crippen molar-refractivity contribution in [3.8, 4) is 0 Å². The highest BCUT2D eigenvalue weighted by atomic mass is 32.2. The van der Waals surface area contributed by atoms with E-state index >= 15 is 0 Å². The van der Waals surface area contributed by atoms with Crippen molar-refractivity contribution >= 4 is 27.6 Å². The van der Waals surface area contributed by atoms with Gasteiger partial charge in [0.05, 0.1) is 21.6 Å². The van der Waals surface area contributed by atoms with Crippen molar-refractivity contribution in [3.63, 3.8) is 0 Å². The molecule has 1 aliphatic rings. The largest absolute Gasteiger partial charge is 0.363 e. The maximum atomic E-state index is 12.3. The second-order valence-corrected chi connectivity index (χ2v) is 7.56. The predicted molar refractivity (Wildman–Crippen MR) is 86.9 cm³/mol. The number of hydrogen-bond acceptors (Lipinski definition) is 6. The topological polar surface area (TPSA) is 97.8 Å². The Balaban J connectivity index is 1.76. The van der Waals surface area contributed by atoms with E-state index < -0.39 is 39.8 Å². The molecule has 0 radical (unpaired) electrons. The fourth-order valence-corrected chi connectivity index (χ4v) is 3.52. The van der Waals surface area contributed by atoms with Crippen molar-refractivity contribution in [1.82, 2.24) is 5.06 Å². The molecule has 0 aliphatic carbocycles. The van der Waals surface area contributed by atoms with E-state index in [1.165, 1.54) is 12.1 Å². The van der Waals surface area contributed by atoms with Crippen LogP contribution in [0.1, 0.15) is 31.1 Å². The molecular formula is C17H11F2NO6S. The normalized spacial score (nSPS) is 13.8. The van der Waals surface area contributed by atoms with Gasteiger partial charge in [0, 0.05) is 0 Å². The zero-order chi connectivity index (χ0) is 19.8. The number of alkyl halides is 2. The lowest BCUT2D eigenvalue weighted by Gasteiger charge is -2.12. The summed E-state index contributed by atoms with van der Waals surface area (Å²) in [5.74, 6) is -4.03. The Bertz CT molecular complexity index is 999. The molecule has 0 fully saturated rings. The first-order valence-electron chi connectivity index (χ1n) is 7.52. The average molecular weight is 395 g/mol. The molecule has 0 spiro atoms. The van der Waals surface area contributed by atoms with Gasteiger partial charge in [-0.1, -0.05) is 17.2 Å². The molecule has 3 rings (SSSR count). The zero-order valence-corrected chi connectivity index (χ0v) is 14.3. The van der Waals surface area contributed by atoms with Crippen LogP contribution in [0.25, 0.3) is 0 Å². The van der Waals surface area contributed by atoms with E-state index in [9.17, 15) is 31.6 Å². The summed E-state index contributed by atoms with van der Waals surface area (Å²) in [6, 6.07) is 9.94. The van der Waals surface area contributed by atoms with Crippen LogP contribution < -0.4 is 0 Å². The summed E-state index contributed by atoms with van der Waals surface area (Å²) in [6.07, 6.45) is -3.03. The van der Waals surface area contributed by atoms with Gasteiger partial charge in [0.15, 0.2) is 9.84 Å². The molecule has 0 unspecified atom stereocenters. The Morgan fingerprint density at radius 1 is 0.963 bits per heavy atom. The fourth-order valence-electron chi connectivity index (χ4n) is 2.45. The van der Waals surface area contributed by atoms with Crippen LogP contribution in [0.4, 0.5) is 8.78 Å². The van der Waals surface area contributed by atoms with Crippen LogP contribution in [-0.4, -0.2) is 43.4 Å². The van der Waals surface area contributed by atoms with Gasteiger partial charge in [-0.15, -0.1) is 0 Å². The zero-order valence-electron chi connectivity index (χ0n) is 13.5. The highest BCUT2D eigenvalue weighted by molar-refractivity contribution is 7.91. The molecule has 1 aliphatic heterocycles. The molecule has 0 saturated carbocycles. The molecule has 0 saturated heterocycles. The molecule has 2 aromatic rings. The maximum Gasteiger partial charge on any atom is 0.363 e.